The molecule has 1 aliphatic carbocycles. The van der Waals surface area contributed by atoms with Gasteiger partial charge in [0.15, 0.2) is 0 Å². The van der Waals surface area contributed by atoms with Gasteiger partial charge in [-0.2, -0.15) is 0 Å². The molecule has 1 fully saturated rings. The molecule has 1 saturated carbocycles. The SMILES string of the molecule is CC1CCC(N(C)Cc2ccc([N+](=O)[O-])c(N)c2)CC1. The van der Waals surface area contributed by atoms with Gasteiger partial charge in [0.25, 0.3) is 5.69 Å². The Hall–Kier alpha value is -1.62. The molecule has 0 atom stereocenters. The average molecular weight is 277 g/mol. The Kier molecular flexibility index (Phi) is 4.60. The molecule has 1 aromatic carbocycles. The summed E-state index contributed by atoms with van der Waals surface area (Å²) in [6, 6.07) is 5.64. The minimum atomic E-state index is -0.439. The summed E-state index contributed by atoms with van der Waals surface area (Å²) in [6.07, 6.45) is 5.05. The minimum absolute atomic E-state index is 0.0112. The maximum atomic E-state index is 10.7. The van der Waals surface area contributed by atoms with Crippen molar-refractivity contribution in [1.29, 1.82) is 0 Å². The molecule has 0 radical (unpaired) electrons. The number of nitro benzene ring substituents is 1. The maximum absolute atomic E-state index is 10.7. The summed E-state index contributed by atoms with van der Waals surface area (Å²) < 4.78 is 0. The van der Waals surface area contributed by atoms with Crippen LogP contribution in [-0.2, 0) is 6.54 Å². The van der Waals surface area contributed by atoms with E-state index in [2.05, 4.69) is 18.9 Å². The molecule has 0 aromatic heterocycles. The molecule has 5 heteroatoms. The largest absolute Gasteiger partial charge is 0.393 e. The highest BCUT2D eigenvalue weighted by atomic mass is 16.6. The number of hydrogen-bond donors (Lipinski definition) is 1. The number of nitrogens with two attached hydrogens (primary N) is 1. The summed E-state index contributed by atoms with van der Waals surface area (Å²) in [5.41, 5.74) is 7.01. The molecule has 110 valence electrons. The average Bonchev–Trinajstić information content (AvgIpc) is 2.39. The van der Waals surface area contributed by atoms with Crippen molar-refractivity contribution in [1.82, 2.24) is 4.90 Å². The molecule has 5 nitrogen and oxygen atoms in total. The van der Waals surface area contributed by atoms with Crippen LogP contribution in [0.4, 0.5) is 11.4 Å². The van der Waals surface area contributed by atoms with Crippen molar-refractivity contribution in [3.63, 3.8) is 0 Å². The highest BCUT2D eigenvalue weighted by Gasteiger charge is 2.22. The molecule has 0 aliphatic heterocycles. The monoisotopic (exact) mass is 277 g/mol. The van der Waals surface area contributed by atoms with Crippen LogP contribution in [0.5, 0.6) is 0 Å². The Labute approximate surface area is 119 Å². The predicted octanol–water partition coefficient (Wildman–Crippen LogP) is 3.19. The second-order valence-corrected chi connectivity index (χ2v) is 5.98. The van der Waals surface area contributed by atoms with E-state index in [4.69, 9.17) is 5.73 Å². The number of hydrogen-bond acceptors (Lipinski definition) is 4. The smallest absolute Gasteiger partial charge is 0.292 e. The zero-order valence-corrected chi connectivity index (χ0v) is 12.2. The van der Waals surface area contributed by atoms with Gasteiger partial charge in [0.2, 0.25) is 0 Å². The number of nitro groups is 1. The standard InChI is InChI=1S/C15H23N3O2/c1-11-3-6-13(7-4-11)17(2)10-12-5-8-15(18(19)20)14(16)9-12/h5,8-9,11,13H,3-4,6-7,10,16H2,1-2H3. The van der Waals surface area contributed by atoms with Gasteiger partial charge in [-0.15, -0.1) is 0 Å². The van der Waals surface area contributed by atoms with Crippen LogP contribution in [0.1, 0.15) is 38.2 Å². The van der Waals surface area contributed by atoms with Gasteiger partial charge < -0.3 is 5.73 Å². The predicted molar refractivity (Wildman–Crippen MR) is 80.4 cm³/mol. The Morgan fingerprint density at radius 3 is 2.55 bits per heavy atom. The number of benzene rings is 1. The van der Waals surface area contributed by atoms with E-state index in [9.17, 15) is 10.1 Å². The molecule has 0 spiro atoms. The molecule has 1 aliphatic rings. The summed E-state index contributed by atoms with van der Waals surface area (Å²) in [5, 5.41) is 10.7. The third-order valence-electron chi connectivity index (χ3n) is 4.33. The molecule has 2 N–H and O–H groups in total. The Morgan fingerprint density at radius 1 is 1.35 bits per heavy atom. The summed E-state index contributed by atoms with van der Waals surface area (Å²) in [7, 11) is 2.12. The Bertz CT molecular complexity index is 482. The normalized spacial score (nSPS) is 22.9. The first kappa shape index (κ1) is 14.8. The molecule has 0 bridgehead atoms. The second-order valence-electron chi connectivity index (χ2n) is 5.98. The van der Waals surface area contributed by atoms with Crippen molar-refractivity contribution in [2.24, 2.45) is 5.92 Å². The first-order valence-corrected chi connectivity index (χ1v) is 7.20. The van der Waals surface area contributed by atoms with Gasteiger partial charge >= 0.3 is 0 Å². The highest BCUT2D eigenvalue weighted by Crippen LogP contribution is 2.28. The minimum Gasteiger partial charge on any atom is -0.393 e. The number of rotatable bonds is 4. The van der Waals surface area contributed by atoms with E-state index in [0.29, 0.717) is 6.04 Å². The summed E-state index contributed by atoms with van der Waals surface area (Å²) in [6.45, 7) is 3.11. The second kappa shape index (κ2) is 6.22. The van der Waals surface area contributed by atoms with Crippen LogP contribution in [-0.4, -0.2) is 22.9 Å². The first-order valence-electron chi connectivity index (χ1n) is 7.20. The van der Waals surface area contributed by atoms with Crippen molar-refractivity contribution in [2.75, 3.05) is 12.8 Å². The van der Waals surface area contributed by atoms with E-state index in [0.717, 1.165) is 18.0 Å². The summed E-state index contributed by atoms with van der Waals surface area (Å²) in [4.78, 5) is 12.6. The third-order valence-corrected chi connectivity index (χ3v) is 4.33. The molecular weight excluding hydrogens is 254 g/mol. The zero-order valence-electron chi connectivity index (χ0n) is 12.2. The molecule has 2 rings (SSSR count). The fourth-order valence-corrected chi connectivity index (χ4v) is 2.97. The number of nitrogens with zero attached hydrogens (tertiary/aromatic N) is 2. The van der Waals surface area contributed by atoms with Crippen molar-refractivity contribution in [2.45, 2.75) is 45.2 Å². The summed E-state index contributed by atoms with van der Waals surface area (Å²) in [5.74, 6) is 0.842. The number of anilines is 1. The van der Waals surface area contributed by atoms with Crippen LogP contribution in [0.15, 0.2) is 18.2 Å². The van der Waals surface area contributed by atoms with Gasteiger partial charge in [0.1, 0.15) is 5.69 Å². The Morgan fingerprint density at radius 2 is 2.00 bits per heavy atom. The fraction of sp³-hybridized carbons (Fsp3) is 0.600. The van der Waals surface area contributed by atoms with Gasteiger partial charge in [-0.1, -0.05) is 13.0 Å². The van der Waals surface area contributed by atoms with Crippen molar-refractivity contribution >= 4 is 11.4 Å². The molecule has 1 aromatic rings. The maximum Gasteiger partial charge on any atom is 0.292 e. The summed E-state index contributed by atoms with van der Waals surface area (Å²) >= 11 is 0. The van der Waals surface area contributed by atoms with Crippen molar-refractivity contribution < 1.29 is 4.92 Å². The van der Waals surface area contributed by atoms with E-state index < -0.39 is 4.92 Å². The van der Waals surface area contributed by atoms with Crippen LogP contribution in [0.25, 0.3) is 0 Å². The van der Waals surface area contributed by atoms with E-state index in [1.165, 1.54) is 31.7 Å². The van der Waals surface area contributed by atoms with Crippen molar-refractivity contribution in [3.8, 4) is 0 Å². The van der Waals surface area contributed by atoms with E-state index in [1.807, 2.05) is 0 Å². The topological polar surface area (TPSA) is 72.4 Å². The Balaban J connectivity index is 1.99. The van der Waals surface area contributed by atoms with Gasteiger partial charge in [-0.3, -0.25) is 15.0 Å². The lowest BCUT2D eigenvalue weighted by atomic mass is 9.86. The quantitative estimate of drug-likeness (QED) is 0.521. The first-order chi connectivity index (χ1) is 9.47. The van der Waals surface area contributed by atoms with Crippen molar-refractivity contribution in [3.05, 3.63) is 33.9 Å². The lowest BCUT2D eigenvalue weighted by Gasteiger charge is -2.33. The molecular formula is C15H23N3O2. The van der Waals surface area contributed by atoms with Crippen LogP contribution in [0, 0.1) is 16.0 Å². The lowest BCUT2D eigenvalue weighted by Crippen LogP contribution is -2.34. The van der Waals surface area contributed by atoms with E-state index in [1.54, 1.807) is 12.1 Å². The molecule has 0 saturated heterocycles. The molecule has 0 heterocycles. The van der Waals surface area contributed by atoms with E-state index in [-0.39, 0.29) is 11.4 Å². The molecule has 20 heavy (non-hydrogen) atoms. The molecule has 0 amide bonds. The van der Waals surface area contributed by atoms with Crippen LogP contribution in [0.3, 0.4) is 0 Å². The molecule has 0 unspecified atom stereocenters. The van der Waals surface area contributed by atoms with Crippen LogP contribution >= 0.6 is 0 Å². The van der Waals surface area contributed by atoms with Gasteiger partial charge in [0, 0.05) is 18.7 Å². The van der Waals surface area contributed by atoms with Crippen LogP contribution < -0.4 is 5.73 Å². The highest BCUT2D eigenvalue weighted by molar-refractivity contribution is 5.59. The van der Waals surface area contributed by atoms with Crippen LogP contribution in [0.2, 0.25) is 0 Å². The van der Waals surface area contributed by atoms with E-state index >= 15 is 0 Å². The van der Waals surface area contributed by atoms with Gasteiger partial charge in [-0.25, -0.2) is 0 Å². The zero-order chi connectivity index (χ0) is 14.7. The third kappa shape index (κ3) is 3.48. The lowest BCUT2D eigenvalue weighted by molar-refractivity contribution is -0.383. The van der Waals surface area contributed by atoms with Gasteiger partial charge in [0.05, 0.1) is 4.92 Å². The number of nitrogen functional groups attached to an aromatic ring is 1. The fourth-order valence-electron chi connectivity index (χ4n) is 2.97. The van der Waals surface area contributed by atoms with Gasteiger partial charge in [-0.05, 0) is 50.3 Å².